The summed E-state index contributed by atoms with van der Waals surface area (Å²) in [7, 11) is 3.65. The smallest absolute Gasteiger partial charge is 0.248 e. The summed E-state index contributed by atoms with van der Waals surface area (Å²) in [6.45, 7) is 3.54. The minimum Gasteiger partial charge on any atom is -0.494 e. The molecule has 0 unspecified atom stereocenters. The highest BCUT2D eigenvalue weighted by atomic mass is 16.5. The maximum Gasteiger partial charge on any atom is 0.248 e. The van der Waals surface area contributed by atoms with Crippen molar-refractivity contribution in [3.05, 3.63) is 48.2 Å². The fourth-order valence-corrected chi connectivity index (χ4v) is 3.71. The molecule has 9 heteroatoms. The lowest BCUT2D eigenvalue weighted by Gasteiger charge is -2.31. The minimum absolute atomic E-state index is 0.164. The number of nitrogens with zero attached hydrogens (tertiary/aromatic N) is 4. The molecule has 4 rings (SSSR count). The molecular weight excluding hydrogens is 410 g/mol. The molecule has 1 aromatic heterocycles. The molecule has 0 saturated carbocycles. The van der Waals surface area contributed by atoms with E-state index in [4.69, 9.17) is 15.2 Å². The molecule has 32 heavy (non-hydrogen) atoms. The van der Waals surface area contributed by atoms with Gasteiger partial charge in [-0.05, 0) is 42.8 Å². The number of nitrogens with two attached hydrogens (primary N) is 1. The SMILES string of the molecule is CN1CCN(CCCOc2ccc(Oc3cc(C(N)=O)cc4cnn(C)c34)cc2)CC1=O. The number of carbonyl (C=O) groups excluding carboxylic acids is 2. The average molecular weight is 438 g/mol. The Kier molecular flexibility index (Phi) is 6.27. The number of aryl methyl sites for hydroxylation is 1. The van der Waals surface area contributed by atoms with Gasteiger partial charge >= 0.3 is 0 Å². The summed E-state index contributed by atoms with van der Waals surface area (Å²) in [6, 6.07) is 10.6. The van der Waals surface area contributed by atoms with Crippen LogP contribution in [0.15, 0.2) is 42.6 Å². The van der Waals surface area contributed by atoms with E-state index in [1.165, 1.54) is 0 Å². The predicted molar refractivity (Wildman–Crippen MR) is 120 cm³/mol. The summed E-state index contributed by atoms with van der Waals surface area (Å²) in [4.78, 5) is 27.3. The van der Waals surface area contributed by atoms with Gasteiger partial charge in [0, 0.05) is 44.7 Å². The van der Waals surface area contributed by atoms with E-state index in [1.807, 2.05) is 38.4 Å². The highest BCUT2D eigenvalue weighted by Crippen LogP contribution is 2.32. The molecule has 2 N–H and O–H groups in total. The standard InChI is InChI=1S/C23H27N5O4/c1-26-9-10-28(15-21(26)29)8-3-11-31-18-4-6-19(7-5-18)32-20-13-16(23(24)30)12-17-14-25-27(2)22(17)20/h4-7,12-14H,3,8-11,15H2,1-2H3,(H2,24,30). The maximum absolute atomic E-state index is 11.8. The van der Waals surface area contributed by atoms with Crippen LogP contribution in [0, 0.1) is 0 Å². The lowest BCUT2D eigenvalue weighted by molar-refractivity contribution is -0.134. The first kappa shape index (κ1) is 21.6. The molecule has 0 aliphatic carbocycles. The van der Waals surface area contributed by atoms with Crippen LogP contribution >= 0.6 is 0 Å². The Balaban J connectivity index is 1.34. The number of amides is 2. The van der Waals surface area contributed by atoms with E-state index in [-0.39, 0.29) is 5.91 Å². The zero-order valence-corrected chi connectivity index (χ0v) is 18.3. The molecule has 2 aromatic carbocycles. The summed E-state index contributed by atoms with van der Waals surface area (Å²) in [5.41, 5.74) is 6.59. The molecule has 3 aromatic rings. The number of piperazine rings is 1. The Bertz CT molecular complexity index is 1130. The van der Waals surface area contributed by atoms with Crippen molar-refractivity contribution in [3.8, 4) is 17.2 Å². The number of aromatic nitrogens is 2. The van der Waals surface area contributed by atoms with Crippen LogP contribution in [0.1, 0.15) is 16.8 Å². The molecule has 1 aliphatic heterocycles. The summed E-state index contributed by atoms with van der Waals surface area (Å²) in [6.07, 6.45) is 2.51. The fraction of sp³-hybridized carbons (Fsp3) is 0.348. The van der Waals surface area contributed by atoms with Crippen LogP contribution < -0.4 is 15.2 Å². The van der Waals surface area contributed by atoms with Crippen molar-refractivity contribution in [3.63, 3.8) is 0 Å². The number of hydrogen-bond donors (Lipinski definition) is 1. The van der Waals surface area contributed by atoms with E-state index < -0.39 is 5.91 Å². The maximum atomic E-state index is 11.8. The number of carbonyl (C=O) groups is 2. The summed E-state index contributed by atoms with van der Waals surface area (Å²) in [5, 5.41) is 5.01. The van der Waals surface area contributed by atoms with Crippen LogP contribution in [0.5, 0.6) is 17.2 Å². The van der Waals surface area contributed by atoms with E-state index in [2.05, 4.69) is 10.00 Å². The third kappa shape index (κ3) is 4.83. The van der Waals surface area contributed by atoms with Gasteiger partial charge in [0.1, 0.15) is 17.0 Å². The van der Waals surface area contributed by atoms with Crippen molar-refractivity contribution >= 4 is 22.7 Å². The van der Waals surface area contributed by atoms with Gasteiger partial charge in [-0.1, -0.05) is 0 Å². The number of hydrogen-bond acceptors (Lipinski definition) is 6. The van der Waals surface area contributed by atoms with Crippen LogP contribution in [0.4, 0.5) is 0 Å². The number of ether oxygens (including phenoxy) is 2. The summed E-state index contributed by atoms with van der Waals surface area (Å²) in [5.74, 6) is 1.50. The number of rotatable bonds is 8. The number of fused-ring (bicyclic) bond motifs is 1. The molecule has 0 bridgehead atoms. The van der Waals surface area contributed by atoms with Crippen molar-refractivity contribution in [1.82, 2.24) is 19.6 Å². The second-order valence-electron chi connectivity index (χ2n) is 7.91. The lowest BCUT2D eigenvalue weighted by Crippen LogP contribution is -2.48. The van der Waals surface area contributed by atoms with Crippen LogP contribution in [-0.4, -0.2) is 71.2 Å². The van der Waals surface area contributed by atoms with Crippen LogP contribution in [0.25, 0.3) is 10.9 Å². The molecular formula is C23H27N5O4. The normalized spacial score (nSPS) is 14.7. The van der Waals surface area contributed by atoms with Gasteiger partial charge in [-0.15, -0.1) is 0 Å². The zero-order chi connectivity index (χ0) is 22.7. The Morgan fingerprint density at radius 2 is 1.88 bits per heavy atom. The highest BCUT2D eigenvalue weighted by Gasteiger charge is 2.20. The lowest BCUT2D eigenvalue weighted by atomic mass is 10.1. The monoisotopic (exact) mass is 437 g/mol. The van der Waals surface area contributed by atoms with Crippen molar-refractivity contribution in [2.45, 2.75) is 6.42 Å². The van der Waals surface area contributed by atoms with E-state index >= 15 is 0 Å². The third-order valence-electron chi connectivity index (χ3n) is 5.56. The van der Waals surface area contributed by atoms with Crippen molar-refractivity contribution < 1.29 is 19.1 Å². The second kappa shape index (κ2) is 9.27. The van der Waals surface area contributed by atoms with Gasteiger partial charge in [0.05, 0.1) is 19.3 Å². The van der Waals surface area contributed by atoms with Gasteiger partial charge < -0.3 is 20.1 Å². The molecule has 0 atom stereocenters. The molecule has 168 valence electrons. The number of likely N-dealkylation sites (N-methyl/N-ethyl adjacent to an activating group) is 1. The van der Waals surface area contributed by atoms with E-state index in [9.17, 15) is 9.59 Å². The average Bonchev–Trinajstić information content (AvgIpc) is 3.16. The van der Waals surface area contributed by atoms with E-state index in [1.54, 1.807) is 27.9 Å². The van der Waals surface area contributed by atoms with Gasteiger partial charge in [0.2, 0.25) is 11.8 Å². The minimum atomic E-state index is -0.523. The summed E-state index contributed by atoms with van der Waals surface area (Å²) >= 11 is 0. The molecule has 1 saturated heterocycles. The topological polar surface area (TPSA) is 103 Å². The molecule has 0 spiro atoms. The quantitative estimate of drug-likeness (QED) is 0.541. The Hall–Kier alpha value is -3.59. The fourth-order valence-electron chi connectivity index (χ4n) is 3.71. The molecule has 0 radical (unpaired) electrons. The summed E-state index contributed by atoms with van der Waals surface area (Å²) < 4.78 is 13.6. The van der Waals surface area contributed by atoms with Crippen LogP contribution in [0.2, 0.25) is 0 Å². The first-order valence-corrected chi connectivity index (χ1v) is 10.5. The Labute approximate surface area is 186 Å². The van der Waals surface area contributed by atoms with Gasteiger partial charge in [-0.2, -0.15) is 5.10 Å². The largest absolute Gasteiger partial charge is 0.494 e. The molecule has 9 nitrogen and oxygen atoms in total. The second-order valence-corrected chi connectivity index (χ2v) is 7.91. The Morgan fingerprint density at radius 3 is 2.59 bits per heavy atom. The van der Waals surface area contributed by atoms with Crippen molar-refractivity contribution in [2.75, 3.05) is 39.8 Å². The van der Waals surface area contributed by atoms with Crippen molar-refractivity contribution in [2.24, 2.45) is 12.8 Å². The molecule has 2 heterocycles. The van der Waals surface area contributed by atoms with Gasteiger partial charge in [0.15, 0.2) is 5.75 Å². The van der Waals surface area contributed by atoms with Gasteiger partial charge in [-0.25, -0.2) is 0 Å². The molecule has 1 fully saturated rings. The highest BCUT2D eigenvalue weighted by molar-refractivity contribution is 5.99. The van der Waals surface area contributed by atoms with Gasteiger partial charge in [0.25, 0.3) is 0 Å². The number of primary amides is 1. The molecule has 1 aliphatic rings. The first-order valence-electron chi connectivity index (χ1n) is 10.5. The zero-order valence-electron chi connectivity index (χ0n) is 18.3. The van der Waals surface area contributed by atoms with Crippen LogP contribution in [0.3, 0.4) is 0 Å². The van der Waals surface area contributed by atoms with E-state index in [0.29, 0.717) is 30.2 Å². The van der Waals surface area contributed by atoms with Gasteiger partial charge in [-0.3, -0.25) is 19.2 Å². The third-order valence-corrected chi connectivity index (χ3v) is 5.56. The van der Waals surface area contributed by atoms with Crippen LogP contribution in [-0.2, 0) is 11.8 Å². The van der Waals surface area contributed by atoms with Crippen molar-refractivity contribution in [1.29, 1.82) is 0 Å². The number of benzene rings is 2. The van der Waals surface area contributed by atoms with E-state index in [0.717, 1.165) is 42.7 Å². The predicted octanol–water partition coefficient (Wildman–Crippen LogP) is 2.01. The Morgan fingerprint density at radius 1 is 1.12 bits per heavy atom. The first-order chi connectivity index (χ1) is 15.4. The molecule has 2 amide bonds.